The van der Waals surface area contributed by atoms with Crippen LogP contribution in [0.25, 0.3) is 0 Å². The number of carbonyl (C=O) groups is 1. The third-order valence-electron chi connectivity index (χ3n) is 4.87. The highest BCUT2D eigenvalue weighted by Gasteiger charge is 2.37. The van der Waals surface area contributed by atoms with Gasteiger partial charge in [-0.3, -0.25) is 4.79 Å². The number of hydrogen-bond acceptors (Lipinski definition) is 3. The second kappa shape index (κ2) is 5.66. The van der Waals surface area contributed by atoms with Gasteiger partial charge in [-0.2, -0.15) is 0 Å². The van der Waals surface area contributed by atoms with Crippen LogP contribution in [-0.2, 0) is 0 Å². The minimum absolute atomic E-state index is 0.122. The number of piperidine rings is 2. The minimum atomic E-state index is 0.122. The summed E-state index contributed by atoms with van der Waals surface area (Å²) < 4.78 is 0. The summed E-state index contributed by atoms with van der Waals surface area (Å²) in [7, 11) is 0. The molecule has 0 bridgehead atoms. The van der Waals surface area contributed by atoms with Crippen LogP contribution in [0, 0.1) is 12.3 Å². The first-order chi connectivity index (χ1) is 9.61. The lowest BCUT2D eigenvalue weighted by atomic mass is 9.71. The Kier molecular flexibility index (Phi) is 4.07. The van der Waals surface area contributed by atoms with Crippen LogP contribution in [0.3, 0.4) is 0 Å². The third kappa shape index (κ3) is 2.61. The second-order valence-corrected chi connectivity index (χ2v) is 7.36. The smallest absolute Gasteiger partial charge is 0.265 e. The van der Waals surface area contributed by atoms with Gasteiger partial charge in [-0.1, -0.05) is 11.6 Å². The fraction of sp³-hybridized carbons (Fsp3) is 0.667. The Labute approximate surface area is 129 Å². The molecule has 2 fully saturated rings. The molecule has 0 unspecified atom stereocenters. The molecule has 1 N–H and O–H groups in total. The summed E-state index contributed by atoms with van der Waals surface area (Å²) in [6.45, 7) is 5.97. The molecule has 1 amide bonds. The maximum absolute atomic E-state index is 12.5. The predicted octanol–water partition coefficient (Wildman–Crippen LogP) is 3.32. The molecule has 3 nitrogen and oxygen atoms in total. The fourth-order valence-electron chi connectivity index (χ4n) is 3.36. The van der Waals surface area contributed by atoms with E-state index in [1.54, 1.807) is 0 Å². The van der Waals surface area contributed by atoms with E-state index < -0.39 is 0 Å². The third-order valence-corrected chi connectivity index (χ3v) is 6.55. The molecular weight excluding hydrogens is 292 g/mol. The maximum Gasteiger partial charge on any atom is 0.265 e. The highest BCUT2D eigenvalue weighted by molar-refractivity contribution is 7.13. The lowest BCUT2D eigenvalue weighted by Crippen LogP contribution is -2.47. The molecule has 0 aromatic carbocycles. The zero-order valence-electron chi connectivity index (χ0n) is 11.9. The standard InChI is InChI=1S/C15H21ClN2OS/c1-11-10-20-13(12(11)16)14(19)18-8-4-15(5-9-18)2-6-17-7-3-15/h10,17H,2-9H2,1H3. The first-order valence-corrected chi connectivity index (χ1v) is 8.61. The van der Waals surface area contributed by atoms with Crippen molar-refractivity contribution < 1.29 is 4.79 Å². The zero-order chi connectivity index (χ0) is 14.2. The van der Waals surface area contributed by atoms with Crippen molar-refractivity contribution in [2.75, 3.05) is 26.2 Å². The van der Waals surface area contributed by atoms with E-state index in [2.05, 4.69) is 5.32 Å². The van der Waals surface area contributed by atoms with Crippen LogP contribution >= 0.6 is 22.9 Å². The molecule has 3 rings (SSSR count). The fourth-order valence-corrected chi connectivity index (χ4v) is 4.60. The van der Waals surface area contributed by atoms with E-state index >= 15 is 0 Å². The molecule has 1 aromatic heterocycles. The Hall–Kier alpha value is -0.580. The average Bonchev–Trinajstić information content (AvgIpc) is 2.80. The average molecular weight is 313 g/mol. The Morgan fingerprint density at radius 1 is 1.30 bits per heavy atom. The molecule has 110 valence electrons. The molecule has 1 aromatic rings. The van der Waals surface area contributed by atoms with Gasteiger partial charge in [0, 0.05) is 13.1 Å². The van der Waals surface area contributed by atoms with E-state index in [-0.39, 0.29) is 5.91 Å². The largest absolute Gasteiger partial charge is 0.338 e. The van der Waals surface area contributed by atoms with E-state index in [0.717, 1.165) is 44.6 Å². The van der Waals surface area contributed by atoms with E-state index in [0.29, 0.717) is 15.3 Å². The van der Waals surface area contributed by atoms with Crippen molar-refractivity contribution in [2.24, 2.45) is 5.41 Å². The van der Waals surface area contributed by atoms with Gasteiger partial charge >= 0.3 is 0 Å². The number of rotatable bonds is 1. The van der Waals surface area contributed by atoms with E-state index in [4.69, 9.17) is 11.6 Å². The number of aryl methyl sites for hydroxylation is 1. The number of carbonyl (C=O) groups excluding carboxylic acids is 1. The lowest BCUT2D eigenvalue weighted by molar-refractivity contribution is 0.0500. The number of likely N-dealkylation sites (tertiary alicyclic amines) is 1. The Morgan fingerprint density at radius 3 is 2.50 bits per heavy atom. The van der Waals surface area contributed by atoms with Crippen LogP contribution in [0.4, 0.5) is 0 Å². The molecule has 5 heteroatoms. The van der Waals surface area contributed by atoms with Crippen molar-refractivity contribution in [3.8, 4) is 0 Å². The van der Waals surface area contributed by atoms with E-state index in [9.17, 15) is 4.79 Å². The van der Waals surface area contributed by atoms with E-state index in [1.165, 1.54) is 24.2 Å². The zero-order valence-corrected chi connectivity index (χ0v) is 13.4. The molecule has 0 aliphatic carbocycles. The molecule has 3 heterocycles. The monoisotopic (exact) mass is 312 g/mol. The van der Waals surface area contributed by atoms with Gasteiger partial charge in [0.05, 0.1) is 5.02 Å². The van der Waals surface area contributed by atoms with E-state index in [1.807, 2.05) is 17.2 Å². The van der Waals surface area contributed by atoms with Crippen LogP contribution in [-0.4, -0.2) is 37.0 Å². The highest BCUT2D eigenvalue weighted by atomic mass is 35.5. The van der Waals surface area contributed by atoms with Gasteiger partial charge in [0.1, 0.15) is 4.88 Å². The lowest BCUT2D eigenvalue weighted by Gasteiger charge is -2.44. The molecule has 2 aliphatic rings. The summed E-state index contributed by atoms with van der Waals surface area (Å²) in [5.74, 6) is 0.122. The van der Waals surface area contributed by atoms with Gasteiger partial charge in [0.25, 0.3) is 5.91 Å². The highest BCUT2D eigenvalue weighted by Crippen LogP contribution is 2.40. The van der Waals surface area contributed by atoms with Gasteiger partial charge < -0.3 is 10.2 Å². The van der Waals surface area contributed by atoms with Crippen LogP contribution in [0.15, 0.2) is 5.38 Å². The normalized spacial score (nSPS) is 22.2. The summed E-state index contributed by atoms with van der Waals surface area (Å²) >= 11 is 7.69. The summed E-state index contributed by atoms with van der Waals surface area (Å²) in [5.41, 5.74) is 1.49. The predicted molar refractivity (Wildman–Crippen MR) is 83.7 cm³/mol. The number of amides is 1. The van der Waals surface area contributed by atoms with Crippen LogP contribution in [0.5, 0.6) is 0 Å². The maximum atomic E-state index is 12.5. The van der Waals surface area contributed by atoms with Gasteiger partial charge in [-0.05, 0) is 62.1 Å². The topological polar surface area (TPSA) is 32.3 Å². The number of thiophene rings is 1. The number of halogens is 1. The minimum Gasteiger partial charge on any atom is -0.338 e. The van der Waals surface area contributed by atoms with Crippen molar-refractivity contribution in [1.29, 1.82) is 0 Å². The van der Waals surface area contributed by atoms with Crippen molar-refractivity contribution in [3.63, 3.8) is 0 Å². The molecule has 20 heavy (non-hydrogen) atoms. The number of nitrogens with zero attached hydrogens (tertiary/aromatic N) is 1. The first kappa shape index (κ1) is 14.4. The van der Waals surface area contributed by atoms with Crippen molar-refractivity contribution >= 4 is 28.8 Å². The number of hydrogen-bond donors (Lipinski definition) is 1. The van der Waals surface area contributed by atoms with Crippen molar-refractivity contribution in [1.82, 2.24) is 10.2 Å². The van der Waals surface area contributed by atoms with Crippen LogP contribution in [0.1, 0.15) is 40.9 Å². The molecule has 0 radical (unpaired) electrons. The van der Waals surface area contributed by atoms with Crippen LogP contribution in [0.2, 0.25) is 5.02 Å². The summed E-state index contributed by atoms with van der Waals surface area (Å²) in [4.78, 5) is 15.2. The summed E-state index contributed by atoms with van der Waals surface area (Å²) in [6.07, 6.45) is 4.80. The summed E-state index contributed by atoms with van der Waals surface area (Å²) in [6, 6.07) is 0. The van der Waals surface area contributed by atoms with Gasteiger partial charge in [0.2, 0.25) is 0 Å². The van der Waals surface area contributed by atoms with Crippen LogP contribution < -0.4 is 5.32 Å². The van der Waals surface area contributed by atoms with Gasteiger partial charge in [-0.15, -0.1) is 11.3 Å². The Balaban J connectivity index is 1.66. The van der Waals surface area contributed by atoms with Gasteiger partial charge in [0.15, 0.2) is 0 Å². The SMILES string of the molecule is Cc1csc(C(=O)N2CCC3(CCNCC3)CC2)c1Cl. The Morgan fingerprint density at radius 2 is 1.95 bits per heavy atom. The summed E-state index contributed by atoms with van der Waals surface area (Å²) in [5, 5.41) is 6.04. The molecule has 0 saturated carbocycles. The van der Waals surface area contributed by atoms with Crippen molar-refractivity contribution in [3.05, 3.63) is 20.8 Å². The number of nitrogens with one attached hydrogen (secondary N) is 1. The molecular formula is C15H21ClN2OS. The quantitative estimate of drug-likeness (QED) is 0.863. The molecule has 1 spiro atoms. The molecule has 0 atom stereocenters. The first-order valence-electron chi connectivity index (χ1n) is 7.35. The van der Waals surface area contributed by atoms with Crippen molar-refractivity contribution in [2.45, 2.75) is 32.6 Å². The second-order valence-electron chi connectivity index (χ2n) is 6.10. The van der Waals surface area contributed by atoms with Gasteiger partial charge in [-0.25, -0.2) is 0 Å². The molecule has 2 aliphatic heterocycles. The molecule has 2 saturated heterocycles. The Bertz CT molecular complexity index is 498.